The van der Waals surface area contributed by atoms with Gasteiger partial charge in [-0.3, -0.25) is 0 Å². The van der Waals surface area contributed by atoms with Crippen LogP contribution in [0.5, 0.6) is 5.75 Å². The van der Waals surface area contributed by atoms with Gasteiger partial charge in [0.15, 0.2) is 0 Å². The number of fused-ring (bicyclic) bond motifs is 1. The number of benzene rings is 2. The first-order chi connectivity index (χ1) is 13.9. The molecule has 0 spiro atoms. The number of likely N-dealkylation sites (tertiary alicyclic amines) is 1. The Kier molecular flexibility index (Phi) is 5.88. The Morgan fingerprint density at radius 1 is 1.17 bits per heavy atom. The number of sulfonamides is 1. The molecule has 0 aliphatic carbocycles. The number of primary sulfonamides is 1. The summed E-state index contributed by atoms with van der Waals surface area (Å²) < 4.78 is 31.1. The topological polar surface area (TPSA) is 98.4 Å². The zero-order chi connectivity index (χ0) is 20.4. The van der Waals surface area contributed by atoms with Crippen LogP contribution < -0.4 is 18.8 Å². The van der Waals surface area contributed by atoms with Gasteiger partial charge < -0.3 is 0 Å². The maximum atomic E-state index is 11.6. The normalized spacial score (nSPS) is 16.6. The summed E-state index contributed by atoms with van der Waals surface area (Å²) in [7, 11) is -1.60. The molecule has 0 amide bonds. The molecule has 152 valence electrons. The van der Waals surface area contributed by atoms with E-state index in [2.05, 4.69) is 16.9 Å². The van der Waals surface area contributed by atoms with Crippen molar-refractivity contribution in [2.45, 2.75) is 23.8 Å². The summed E-state index contributed by atoms with van der Waals surface area (Å²) in [4.78, 5) is 11.7. The summed E-state index contributed by atoms with van der Waals surface area (Å²) in [6.07, 6.45) is 4.00. The van der Waals surface area contributed by atoms with Crippen LogP contribution in [0.15, 0.2) is 53.6 Å². The molecule has 1 fully saturated rings. The van der Waals surface area contributed by atoms with Gasteiger partial charge in [-0.05, 0) is 0 Å². The molecule has 1 aliphatic rings. The number of ether oxygens (including phenoxy) is 1. The quantitative estimate of drug-likeness (QED) is 0.529. The number of hydrogen-bond donors (Lipinski definition) is 1. The standard InChI is InChI=1S/C20H23AsN4O3S/c1-25-10-8-16(9-11-25)28-18-7-2-4-14-13-23-20(24-19(14)18)21-15-5-3-6-17(12-15)29(22,26)27/h2-7,12-13,16,21H,8-11H2,1H3,(H2,22,26,27). The number of rotatable bonds is 5. The molecule has 2 heterocycles. The van der Waals surface area contributed by atoms with E-state index in [-0.39, 0.29) is 11.0 Å². The van der Waals surface area contributed by atoms with Gasteiger partial charge in [0.2, 0.25) is 0 Å². The minimum absolute atomic E-state index is 0.117. The molecule has 2 N–H and O–H groups in total. The molecule has 9 heteroatoms. The molecule has 1 saturated heterocycles. The van der Waals surface area contributed by atoms with Crippen LogP contribution in [0.2, 0.25) is 0 Å². The molecule has 1 atom stereocenters. The van der Waals surface area contributed by atoms with Crippen molar-refractivity contribution in [1.82, 2.24) is 14.9 Å². The summed E-state index contributed by atoms with van der Waals surface area (Å²) in [6.45, 7) is 2.06. The minimum atomic E-state index is -3.72. The molecule has 2 aromatic carbocycles. The Balaban J connectivity index is 1.60. The zero-order valence-electron chi connectivity index (χ0n) is 16.1. The second-order valence-electron chi connectivity index (χ2n) is 7.21. The van der Waals surface area contributed by atoms with Crippen molar-refractivity contribution in [2.24, 2.45) is 5.14 Å². The molecule has 29 heavy (non-hydrogen) atoms. The molecule has 1 unspecified atom stereocenters. The number of nitrogens with zero attached hydrogens (tertiary/aromatic N) is 3. The summed E-state index contributed by atoms with van der Waals surface area (Å²) in [6, 6.07) is 12.6. The summed E-state index contributed by atoms with van der Waals surface area (Å²) in [5.41, 5.74) is 0.808. The van der Waals surface area contributed by atoms with Crippen molar-refractivity contribution < 1.29 is 13.2 Å². The summed E-state index contributed by atoms with van der Waals surface area (Å²) >= 11 is -0.913. The molecular weight excluding hydrogens is 451 g/mol. The van der Waals surface area contributed by atoms with Gasteiger partial charge in [-0.25, -0.2) is 0 Å². The van der Waals surface area contributed by atoms with Crippen LogP contribution in [-0.4, -0.2) is 65.3 Å². The Bertz CT molecular complexity index is 1130. The van der Waals surface area contributed by atoms with Gasteiger partial charge in [-0.2, -0.15) is 0 Å². The van der Waals surface area contributed by atoms with Gasteiger partial charge in [0.1, 0.15) is 0 Å². The average molecular weight is 474 g/mol. The van der Waals surface area contributed by atoms with Crippen LogP contribution in [0.25, 0.3) is 10.9 Å². The van der Waals surface area contributed by atoms with Gasteiger partial charge in [0.05, 0.1) is 0 Å². The van der Waals surface area contributed by atoms with Crippen LogP contribution in [0.3, 0.4) is 0 Å². The van der Waals surface area contributed by atoms with Crippen LogP contribution in [0, 0.1) is 0 Å². The van der Waals surface area contributed by atoms with Gasteiger partial charge in [-0.15, -0.1) is 0 Å². The molecule has 3 aromatic rings. The van der Waals surface area contributed by atoms with E-state index in [0.29, 0.717) is 0 Å². The zero-order valence-corrected chi connectivity index (χ0v) is 19.0. The first-order valence-corrected chi connectivity index (χ1v) is 13.0. The first-order valence-electron chi connectivity index (χ1n) is 9.39. The fraction of sp³-hybridized carbons (Fsp3) is 0.300. The third-order valence-corrected chi connectivity index (χ3v) is 8.10. The van der Waals surface area contributed by atoms with Gasteiger partial charge in [0.25, 0.3) is 0 Å². The second kappa shape index (κ2) is 8.40. The van der Waals surface area contributed by atoms with Crippen molar-refractivity contribution in [3.05, 3.63) is 48.7 Å². The SMILES string of the molecule is CN1CCC(Oc2cccc3cnc([AsH]c4cccc(S(N)(=O)=O)c4)nc23)CC1. The monoisotopic (exact) mass is 474 g/mol. The van der Waals surface area contributed by atoms with E-state index in [0.717, 1.165) is 51.5 Å². The molecule has 0 bridgehead atoms. The van der Waals surface area contributed by atoms with Crippen LogP contribution >= 0.6 is 0 Å². The average Bonchev–Trinajstić information content (AvgIpc) is 2.70. The Hall–Kier alpha value is -1.99. The predicted octanol–water partition coefficient (Wildman–Crippen LogP) is 0.138. The van der Waals surface area contributed by atoms with E-state index < -0.39 is 25.8 Å². The first kappa shape index (κ1) is 20.3. The maximum absolute atomic E-state index is 11.6. The van der Waals surface area contributed by atoms with Crippen molar-refractivity contribution in [3.8, 4) is 5.75 Å². The van der Waals surface area contributed by atoms with Crippen molar-refractivity contribution in [3.63, 3.8) is 0 Å². The number of aromatic nitrogens is 2. The van der Waals surface area contributed by atoms with E-state index in [4.69, 9.17) is 14.9 Å². The molecule has 1 aromatic heterocycles. The molecular formula is C20H23AsN4O3S. The Labute approximate surface area is 177 Å². The van der Waals surface area contributed by atoms with E-state index in [1.807, 2.05) is 30.5 Å². The van der Waals surface area contributed by atoms with Crippen molar-refractivity contribution in [2.75, 3.05) is 20.1 Å². The van der Waals surface area contributed by atoms with Gasteiger partial charge >= 0.3 is 177 Å². The van der Waals surface area contributed by atoms with Crippen molar-refractivity contribution in [1.29, 1.82) is 0 Å². The van der Waals surface area contributed by atoms with Crippen LogP contribution in [0.1, 0.15) is 12.8 Å². The van der Waals surface area contributed by atoms with Crippen molar-refractivity contribution >= 4 is 45.6 Å². The third-order valence-electron chi connectivity index (χ3n) is 4.95. The number of piperidine rings is 1. The number of para-hydroxylation sites is 1. The number of hydrogen-bond acceptors (Lipinski definition) is 6. The fourth-order valence-electron chi connectivity index (χ4n) is 3.35. The Morgan fingerprint density at radius 3 is 2.69 bits per heavy atom. The van der Waals surface area contributed by atoms with E-state index in [1.54, 1.807) is 12.1 Å². The molecule has 4 rings (SSSR count). The summed E-state index contributed by atoms with van der Waals surface area (Å²) in [5, 5.41) is 6.18. The summed E-state index contributed by atoms with van der Waals surface area (Å²) in [5.74, 6) is 0.783. The molecule has 1 aliphatic heterocycles. The van der Waals surface area contributed by atoms with E-state index >= 15 is 0 Å². The van der Waals surface area contributed by atoms with Gasteiger partial charge in [0, 0.05) is 0 Å². The van der Waals surface area contributed by atoms with Crippen LogP contribution in [0.4, 0.5) is 0 Å². The van der Waals surface area contributed by atoms with E-state index in [1.165, 1.54) is 6.07 Å². The molecule has 0 saturated carbocycles. The Morgan fingerprint density at radius 2 is 1.93 bits per heavy atom. The number of nitrogens with two attached hydrogens (primary N) is 1. The van der Waals surface area contributed by atoms with Gasteiger partial charge in [-0.1, -0.05) is 0 Å². The third kappa shape index (κ3) is 4.95. The molecule has 0 radical (unpaired) electrons. The second-order valence-corrected chi connectivity index (χ2v) is 11.4. The van der Waals surface area contributed by atoms with E-state index in [9.17, 15) is 8.42 Å². The predicted molar refractivity (Wildman–Crippen MR) is 115 cm³/mol. The van der Waals surface area contributed by atoms with Crippen LogP contribution in [-0.2, 0) is 10.0 Å². The molecule has 7 nitrogen and oxygen atoms in total. The fourth-order valence-corrected chi connectivity index (χ4v) is 6.14.